The van der Waals surface area contributed by atoms with Crippen molar-refractivity contribution in [2.75, 3.05) is 60.7 Å². The second-order valence-corrected chi connectivity index (χ2v) is 8.51. The molecule has 1 aromatic carbocycles. The Morgan fingerprint density at radius 1 is 1.10 bits per heavy atom. The number of aliphatic imine (C=N–C) groups is 1. The van der Waals surface area contributed by atoms with E-state index in [-0.39, 0.29) is 0 Å². The van der Waals surface area contributed by atoms with Crippen molar-refractivity contribution in [3.05, 3.63) is 23.3 Å². The third-order valence-electron chi connectivity index (χ3n) is 6.03. The molecule has 0 spiro atoms. The fourth-order valence-corrected chi connectivity index (χ4v) is 4.45. The van der Waals surface area contributed by atoms with Crippen LogP contribution in [0, 0.1) is 5.92 Å². The highest BCUT2D eigenvalue weighted by Crippen LogP contribution is 2.33. The van der Waals surface area contributed by atoms with E-state index in [1.165, 1.54) is 17.5 Å². The quantitative estimate of drug-likeness (QED) is 0.542. The van der Waals surface area contributed by atoms with Crippen LogP contribution in [0.5, 0.6) is 11.5 Å². The third kappa shape index (κ3) is 5.58. The normalized spacial score (nSPS) is 18.9. The second-order valence-electron chi connectivity index (χ2n) is 8.51. The molecule has 7 heteroatoms. The molecule has 0 amide bonds. The number of ether oxygens (including phenoxy) is 3. The maximum absolute atomic E-state index is 5.55. The van der Waals surface area contributed by atoms with Crippen LogP contribution in [0.3, 0.4) is 0 Å². The Kier molecular flexibility index (Phi) is 8.22. The number of rotatable bonds is 7. The van der Waals surface area contributed by atoms with Crippen molar-refractivity contribution in [1.29, 1.82) is 0 Å². The first kappa shape index (κ1) is 22.7. The number of hydrogen-bond acceptors (Lipinski definition) is 5. The fraction of sp³-hybridized carbons (Fsp3) is 0.696. The summed E-state index contributed by atoms with van der Waals surface area (Å²) < 4.78 is 16.5. The van der Waals surface area contributed by atoms with Gasteiger partial charge < -0.3 is 24.4 Å². The Hall–Kier alpha value is -1.99. The molecule has 168 valence electrons. The summed E-state index contributed by atoms with van der Waals surface area (Å²) in [6.45, 7) is 10.9. The maximum Gasteiger partial charge on any atom is 0.194 e. The van der Waals surface area contributed by atoms with Gasteiger partial charge in [0.1, 0.15) is 0 Å². The molecule has 1 atom stereocenters. The predicted molar refractivity (Wildman–Crippen MR) is 121 cm³/mol. The zero-order valence-electron chi connectivity index (χ0n) is 19.2. The van der Waals surface area contributed by atoms with Gasteiger partial charge in [0.05, 0.1) is 27.4 Å². The van der Waals surface area contributed by atoms with Crippen molar-refractivity contribution in [3.8, 4) is 11.5 Å². The number of hydrogen-bond donors (Lipinski definition) is 1. The lowest BCUT2D eigenvalue weighted by Crippen LogP contribution is -2.52. The Morgan fingerprint density at radius 3 is 2.37 bits per heavy atom. The van der Waals surface area contributed by atoms with Gasteiger partial charge in [0.25, 0.3) is 0 Å². The van der Waals surface area contributed by atoms with Crippen LogP contribution in [-0.2, 0) is 17.7 Å². The van der Waals surface area contributed by atoms with Crippen molar-refractivity contribution in [1.82, 2.24) is 15.1 Å². The summed E-state index contributed by atoms with van der Waals surface area (Å²) in [7, 11) is 5.25. The van der Waals surface area contributed by atoms with Crippen molar-refractivity contribution < 1.29 is 14.2 Å². The van der Waals surface area contributed by atoms with E-state index >= 15 is 0 Å². The summed E-state index contributed by atoms with van der Waals surface area (Å²) >= 11 is 0. The van der Waals surface area contributed by atoms with Crippen LogP contribution in [0.1, 0.15) is 31.4 Å². The largest absolute Gasteiger partial charge is 0.493 e. The highest BCUT2D eigenvalue weighted by atomic mass is 16.5. The highest BCUT2D eigenvalue weighted by Gasteiger charge is 2.25. The number of morpholine rings is 1. The SMILES string of the molecule is CN=C(NCC(CC(C)C)N1CCOCC1)N1CCc2cc(OC)c(OC)cc2C1. The van der Waals surface area contributed by atoms with E-state index in [0.29, 0.717) is 12.0 Å². The van der Waals surface area contributed by atoms with Crippen LogP contribution in [-0.4, -0.2) is 82.5 Å². The van der Waals surface area contributed by atoms with Gasteiger partial charge in [-0.25, -0.2) is 0 Å². The average Bonchev–Trinajstić information content (AvgIpc) is 2.77. The van der Waals surface area contributed by atoms with Crippen molar-refractivity contribution in [3.63, 3.8) is 0 Å². The van der Waals surface area contributed by atoms with Crippen molar-refractivity contribution in [2.45, 2.75) is 39.3 Å². The van der Waals surface area contributed by atoms with Crippen LogP contribution in [0.25, 0.3) is 0 Å². The van der Waals surface area contributed by atoms with Crippen LogP contribution in [0.15, 0.2) is 17.1 Å². The van der Waals surface area contributed by atoms with Gasteiger partial charge in [-0.3, -0.25) is 9.89 Å². The Morgan fingerprint density at radius 2 is 1.77 bits per heavy atom. The van der Waals surface area contributed by atoms with Gasteiger partial charge in [-0.05, 0) is 42.0 Å². The van der Waals surface area contributed by atoms with Gasteiger partial charge in [-0.2, -0.15) is 0 Å². The molecule has 1 fully saturated rings. The number of guanidine groups is 1. The highest BCUT2D eigenvalue weighted by molar-refractivity contribution is 5.80. The number of benzene rings is 1. The first-order chi connectivity index (χ1) is 14.5. The molecule has 0 saturated carbocycles. The van der Waals surface area contributed by atoms with Crippen LogP contribution >= 0.6 is 0 Å². The van der Waals surface area contributed by atoms with Crippen LogP contribution in [0.2, 0.25) is 0 Å². The topological polar surface area (TPSA) is 58.6 Å². The molecule has 2 aliphatic heterocycles. The molecule has 0 aromatic heterocycles. The zero-order valence-corrected chi connectivity index (χ0v) is 19.2. The van der Waals surface area contributed by atoms with Crippen molar-refractivity contribution in [2.24, 2.45) is 10.9 Å². The molecule has 7 nitrogen and oxygen atoms in total. The average molecular weight is 419 g/mol. The van der Waals surface area contributed by atoms with Gasteiger partial charge in [0.2, 0.25) is 0 Å². The molecular weight excluding hydrogens is 380 g/mol. The zero-order chi connectivity index (χ0) is 21.5. The predicted octanol–water partition coefficient (Wildman–Crippen LogP) is 2.38. The van der Waals surface area contributed by atoms with Crippen molar-refractivity contribution >= 4 is 5.96 Å². The lowest BCUT2D eigenvalue weighted by atomic mass is 9.99. The summed E-state index contributed by atoms with van der Waals surface area (Å²) in [5.41, 5.74) is 2.60. The Balaban J connectivity index is 1.66. The summed E-state index contributed by atoms with van der Waals surface area (Å²) in [6.07, 6.45) is 2.14. The summed E-state index contributed by atoms with van der Waals surface area (Å²) in [5, 5.41) is 3.66. The molecule has 1 saturated heterocycles. The summed E-state index contributed by atoms with van der Waals surface area (Å²) in [4.78, 5) is 9.48. The van der Waals surface area contributed by atoms with Gasteiger partial charge >= 0.3 is 0 Å². The summed E-state index contributed by atoms with van der Waals surface area (Å²) in [6, 6.07) is 4.70. The smallest absolute Gasteiger partial charge is 0.194 e. The lowest BCUT2D eigenvalue weighted by Gasteiger charge is -2.37. The number of methoxy groups -OCH3 is 2. The monoisotopic (exact) mass is 418 g/mol. The first-order valence-electron chi connectivity index (χ1n) is 11.1. The van der Waals surface area contributed by atoms with E-state index in [9.17, 15) is 0 Å². The molecule has 2 heterocycles. The first-order valence-corrected chi connectivity index (χ1v) is 11.1. The fourth-order valence-electron chi connectivity index (χ4n) is 4.45. The van der Waals surface area contributed by atoms with E-state index in [1.807, 2.05) is 7.05 Å². The molecule has 0 bridgehead atoms. The lowest BCUT2D eigenvalue weighted by molar-refractivity contribution is 0.0131. The number of fused-ring (bicyclic) bond motifs is 1. The number of nitrogens with one attached hydrogen (secondary N) is 1. The molecule has 2 aliphatic rings. The van der Waals surface area contributed by atoms with Crippen LogP contribution in [0.4, 0.5) is 0 Å². The van der Waals surface area contributed by atoms with Crippen LogP contribution < -0.4 is 14.8 Å². The maximum atomic E-state index is 5.55. The molecule has 1 N–H and O–H groups in total. The second kappa shape index (κ2) is 10.9. The number of nitrogens with zero attached hydrogens (tertiary/aromatic N) is 3. The van der Waals surface area contributed by atoms with E-state index in [0.717, 1.165) is 69.8 Å². The standard InChI is InChI=1S/C23H38N4O3/c1-17(2)12-20(26-8-10-30-11-9-26)15-25-23(24-3)27-7-6-18-13-21(28-4)22(29-5)14-19(18)16-27/h13-14,17,20H,6-12,15-16H2,1-5H3,(H,24,25). The minimum Gasteiger partial charge on any atom is -0.493 e. The molecule has 1 unspecified atom stereocenters. The van der Waals surface area contributed by atoms with Gasteiger partial charge in [0.15, 0.2) is 17.5 Å². The van der Waals surface area contributed by atoms with Gasteiger partial charge in [-0.1, -0.05) is 13.8 Å². The molecule has 30 heavy (non-hydrogen) atoms. The minimum atomic E-state index is 0.493. The minimum absolute atomic E-state index is 0.493. The van der Waals surface area contributed by atoms with Gasteiger partial charge in [0, 0.05) is 45.8 Å². The molecule has 3 rings (SSSR count). The van der Waals surface area contributed by atoms with E-state index in [1.54, 1.807) is 14.2 Å². The molecule has 0 aliphatic carbocycles. The summed E-state index contributed by atoms with van der Waals surface area (Å²) in [5.74, 6) is 3.21. The molecular formula is C23H38N4O3. The molecule has 1 aromatic rings. The van der Waals surface area contributed by atoms with E-state index < -0.39 is 0 Å². The van der Waals surface area contributed by atoms with E-state index in [4.69, 9.17) is 14.2 Å². The molecule has 0 radical (unpaired) electrons. The van der Waals surface area contributed by atoms with E-state index in [2.05, 4.69) is 46.1 Å². The third-order valence-corrected chi connectivity index (χ3v) is 6.03. The Bertz CT molecular complexity index is 717. The van der Waals surface area contributed by atoms with Gasteiger partial charge in [-0.15, -0.1) is 0 Å². The Labute approximate surface area is 181 Å².